The molecule has 0 unspecified atom stereocenters. The number of unbranched alkanes of at least 4 members (excludes halogenated alkanes) is 1. The Morgan fingerprint density at radius 2 is 1.38 bits per heavy atom. The number of hydrogen-bond donors (Lipinski definition) is 15. The second-order valence-corrected chi connectivity index (χ2v) is 23.0. The van der Waals surface area contributed by atoms with Gasteiger partial charge in [0.15, 0.2) is 0 Å². The lowest BCUT2D eigenvalue weighted by Crippen LogP contribution is -2.61. The van der Waals surface area contributed by atoms with Crippen LogP contribution in [0.3, 0.4) is 0 Å². The Hall–Kier alpha value is -8.16. The van der Waals surface area contributed by atoms with E-state index >= 15 is 0 Å². The highest BCUT2D eigenvalue weighted by molar-refractivity contribution is 7.98. The number of nitrogens with two attached hydrogens (primary N) is 4. The minimum atomic E-state index is -1.63. The van der Waals surface area contributed by atoms with Crippen molar-refractivity contribution in [1.29, 1.82) is 0 Å². The molecule has 0 saturated carbocycles. The molecule has 3 rings (SSSR count). The number of hydrogen-bond acceptors (Lipinski definition) is 17. The third-order valence-electron chi connectivity index (χ3n) is 15.2. The molecule has 2 aliphatic heterocycles. The number of fused-ring (bicyclic) bond motifs is 1. The molecule has 2 aliphatic rings. The van der Waals surface area contributed by atoms with Crippen molar-refractivity contribution in [2.24, 2.45) is 34.8 Å². The topological polar surface area (TPSA) is 495 Å². The summed E-state index contributed by atoms with van der Waals surface area (Å²) in [5, 5.41) is 25.9. The molecule has 19 N–H and O–H groups in total. The number of nitrogens with zero attached hydrogens (tertiary/aromatic N) is 2. The number of thioether (sulfide) groups is 1. The molecule has 88 heavy (non-hydrogen) atoms. The Bertz CT molecular complexity index is 2630. The molecule has 3 heterocycles. The zero-order valence-corrected chi connectivity index (χ0v) is 51.8. The Labute approximate surface area is 516 Å². The molecular formula is C56H91N17O14S. The van der Waals surface area contributed by atoms with Gasteiger partial charge in [-0.2, -0.15) is 11.8 Å². The summed E-state index contributed by atoms with van der Waals surface area (Å²) < 4.78 is 0. The maximum Gasteiger partial charge on any atom is 0.245 e. The third-order valence-corrected chi connectivity index (χ3v) is 15.8. The highest BCUT2D eigenvalue weighted by Crippen LogP contribution is 2.22. The fourth-order valence-electron chi connectivity index (χ4n) is 9.69. The standard InChI is InChI=1S/C56H91N17O14S/c1-7-30(3)45(47(60)78)71-51(82)34-14-9-10-15-35(67-50(81)38(22-25-88-6)64-32(5)74)52(83)72-46(31(4)8-2)55(86)69-39(16-11-12-23-57)56(87)73-24-13-17-41(73)54(85)70-40(26-33-27-61-29-63-33)53(84)68-36(18-20-42(58)75)48(79)62-28-44(77)65-37(49(80)66-34)19-21-43(59)76/h9-10,27,29-31,34-41,45-46H,7-8,11-26,28,57H2,1-6H3,(H2,58,75)(H2,59,76)(H2,60,78)(H,61,63)(H,62,79)(H,64,74)(H,65,77)(H,66,80)(H,67,81)(H,68,84)(H,69,86)(H,70,85)(H,71,82)(H,72,83)/b10-9+/t30-,31-,34-,35-,36-,37-,38-,39-,40-,41-,45-,46-/m0/s1. The number of nitrogens with one attached hydrogen (secondary N) is 11. The number of aromatic nitrogens is 2. The van der Waals surface area contributed by atoms with E-state index < -0.39 is 194 Å². The highest BCUT2D eigenvalue weighted by Gasteiger charge is 2.41. The molecular weight excluding hydrogens is 1170 g/mol. The average molecular weight is 1260 g/mol. The van der Waals surface area contributed by atoms with Gasteiger partial charge in [-0.15, -0.1) is 0 Å². The fraction of sp³-hybridized carbons (Fsp3) is 0.661. The molecule has 12 atom stereocenters. The number of imidazole rings is 1. The summed E-state index contributed by atoms with van der Waals surface area (Å²) in [5.74, 6) is -12.7. The van der Waals surface area contributed by atoms with Crippen LogP contribution < -0.4 is 76.1 Å². The molecule has 0 aromatic carbocycles. The lowest BCUT2D eigenvalue weighted by atomic mass is 9.96. The zero-order chi connectivity index (χ0) is 65.6. The summed E-state index contributed by atoms with van der Waals surface area (Å²) in [6.45, 7) is 7.49. The van der Waals surface area contributed by atoms with Gasteiger partial charge in [-0.1, -0.05) is 52.7 Å². The number of primary amides is 3. The number of carbonyl (C=O) groups excluding carboxylic acids is 14. The molecule has 1 aromatic rings. The van der Waals surface area contributed by atoms with Crippen LogP contribution in [0.5, 0.6) is 0 Å². The number of amides is 14. The fourth-order valence-corrected chi connectivity index (χ4v) is 10.2. The van der Waals surface area contributed by atoms with Crippen molar-refractivity contribution in [3.05, 3.63) is 30.4 Å². The number of rotatable bonds is 25. The van der Waals surface area contributed by atoms with Crippen LogP contribution in [0.2, 0.25) is 0 Å². The van der Waals surface area contributed by atoms with E-state index in [1.54, 1.807) is 34.0 Å². The second kappa shape index (κ2) is 38.2. The van der Waals surface area contributed by atoms with Crippen molar-refractivity contribution in [2.45, 2.75) is 191 Å². The Morgan fingerprint density at radius 3 is 1.97 bits per heavy atom. The molecule has 14 amide bonds. The van der Waals surface area contributed by atoms with Crippen molar-refractivity contribution in [3.63, 3.8) is 0 Å². The minimum absolute atomic E-state index is 0.0490. The predicted octanol–water partition coefficient (Wildman–Crippen LogP) is -4.22. The van der Waals surface area contributed by atoms with Gasteiger partial charge < -0.3 is 86.0 Å². The maximum atomic E-state index is 14.8. The van der Waals surface area contributed by atoms with Crippen LogP contribution in [0, 0.1) is 11.8 Å². The van der Waals surface area contributed by atoms with E-state index in [1.807, 2.05) is 0 Å². The number of aromatic amines is 1. The van der Waals surface area contributed by atoms with E-state index in [4.69, 9.17) is 22.9 Å². The van der Waals surface area contributed by atoms with Crippen LogP contribution in [-0.2, 0) is 73.5 Å². The summed E-state index contributed by atoms with van der Waals surface area (Å²) >= 11 is 1.40. The van der Waals surface area contributed by atoms with Gasteiger partial charge in [0.1, 0.15) is 60.4 Å². The lowest BCUT2D eigenvalue weighted by Gasteiger charge is -2.32. The molecule has 32 heteroatoms. The number of carbonyl (C=O) groups is 14. The van der Waals surface area contributed by atoms with Crippen molar-refractivity contribution < 1.29 is 67.1 Å². The first-order valence-corrected chi connectivity index (χ1v) is 31.1. The van der Waals surface area contributed by atoms with Crippen LogP contribution >= 0.6 is 11.8 Å². The van der Waals surface area contributed by atoms with Crippen molar-refractivity contribution in [3.8, 4) is 0 Å². The average Bonchev–Trinajstić information content (AvgIpc) is 4.26. The van der Waals surface area contributed by atoms with Crippen LogP contribution in [0.25, 0.3) is 0 Å². The molecule has 0 radical (unpaired) electrons. The third kappa shape index (κ3) is 24.9. The lowest BCUT2D eigenvalue weighted by molar-refractivity contribution is -0.143. The smallest absolute Gasteiger partial charge is 0.245 e. The molecule has 0 aliphatic carbocycles. The van der Waals surface area contributed by atoms with Crippen molar-refractivity contribution in [2.75, 3.05) is 31.6 Å². The normalized spacial score (nSPS) is 24.2. The van der Waals surface area contributed by atoms with Crippen LogP contribution in [0.1, 0.15) is 130 Å². The molecule has 1 fully saturated rings. The van der Waals surface area contributed by atoms with Gasteiger partial charge in [-0.25, -0.2) is 4.98 Å². The van der Waals surface area contributed by atoms with Crippen molar-refractivity contribution in [1.82, 2.24) is 68.0 Å². The van der Waals surface area contributed by atoms with Gasteiger partial charge in [0, 0.05) is 44.6 Å². The summed E-state index contributed by atoms with van der Waals surface area (Å²) in [4.78, 5) is 200. The molecule has 490 valence electrons. The second-order valence-electron chi connectivity index (χ2n) is 22.0. The van der Waals surface area contributed by atoms with Gasteiger partial charge in [-0.3, -0.25) is 67.1 Å². The van der Waals surface area contributed by atoms with E-state index in [-0.39, 0.29) is 45.2 Å². The molecule has 31 nitrogen and oxygen atoms in total. The van der Waals surface area contributed by atoms with Crippen LogP contribution in [0.15, 0.2) is 24.7 Å². The summed E-state index contributed by atoms with van der Waals surface area (Å²) in [5.41, 5.74) is 22.8. The van der Waals surface area contributed by atoms with Crippen LogP contribution in [0.4, 0.5) is 0 Å². The Kier molecular flexibility index (Phi) is 32.2. The van der Waals surface area contributed by atoms with Gasteiger partial charge in [0.2, 0.25) is 82.7 Å². The van der Waals surface area contributed by atoms with E-state index in [0.29, 0.717) is 43.6 Å². The molecule has 0 bridgehead atoms. The molecule has 1 saturated heterocycles. The maximum absolute atomic E-state index is 14.8. The largest absolute Gasteiger partial charge is 0.370 e. The van der Waals surface area contributed by atoms with E-state index in [0.717, 1.165) is 0 Å². The number of H-pyrrole nitrogens is 1. The van der Waals surface area contributed by atoms with Crippen molar-refractivity contribution >= 4 is 94.5 Å². The minimum Gasteiger partial charge on any atom is -0.370 e. The van der Waals surface area contributed by atoms with Gasteiger partial charge in [0.05, 0.1) is 12.9 Å². The zero-order valence-electron chi connectivity index (χ0n) is 51.0. The van der Waals surface area contributed by atoms with Gasteiger partial charge in [0.25, 0.3) is 0 Å². The molecule has 1 aromatic heterocycles. The SMILES string of the molecule is CC[C@H](C)[C@H](NC(=O)[C@@H]1C/C=C/C[C@H](NC(=O)[C@H](CCSC)NC(C)=O)C(=O)N[C@@H]([C@@H](C)CC)C(=O)N[C@@H](CCCCN)C(=O)N2CCC[C@H]2C(=O)N[C@@H](Cc2cnc[nH]2)C(=O)N[C@@H](CCC(N)=O)C(=O)NCC(=O)N[C@@H](CCC(N)=O)C(=O)N1)C(N)=O. The Balaban J connectivity index is 2.29. The predicted molar refractivity (Wildman–Crippen MR) is 322 cm³/mol. The Morgan fingerprint density at radius 1 is 0.739 bits per heavy atom. The van der Waals surface area contributed by atoms with Gasteiger partial charge >= 0.3 is 0 Å². The monoisotopic (exact) mass is 1260 g/mol. The first kappa shape index (κ1) is 74.1. The molecule has 0 spiro atoms. The summed E-state index contributed by atoms with van der Waals surface area (Å²) in [6, 6.07) is -13.9. The van der Waals surface area contributed by atoms with E-state index in [1.165, 1.54) is 48.3 Å². The van der Waals surface area contributed by atoms with Gasteiger partial charge in [-0.05, 0) is 94.6 Å². The van der Waals surface area contributed by atoms with Crippen LogP contribution in [-0.4, -0.2) is 190 Å². The van der Waals surface area contributed by atoms with E-state index in [9.17, 15) is 67.1 Å². The first-order chi connectivity index (χ1) is 41.7. The van der Waals surface area contributed by atoms with E-state index in [2.05, 4.69) is 63.1 Å². The highest BCUT2D eigenvalue weighted by atomic mass is 32.2. The summed E-state index contributed by atoms with van der Waals surface area (Å²) in [7, 11) is 0. The quantitative estimate of drug-likeness (QED) is 0.0326. The first-order valence-electron chi connectivity index (χ1n) is 29.7. The summed E-state index contributed by atoms with van der Waals surface area (Å²) in [6.07, 6.45) is 6.70.